The number of aromatic nitrogens is 3. The maximum atomic E-state index is 9.73. The third kappa shape index (κ3) is 2.32. The molecule has 0 amide bonds. The predicted octanol–water partition coefficient (Wildman–Crippen LogP) is 3.88. The van der Waals surface area contributed by atoms with Gasteiger partial charge in [-0.15, -0.1) is 10.2 Å². The molecule has 6 heteroatoms. The minimum absolute atomic E-state index is 0.677. The number of nitriles is 1. The van der Waals surface area contributed by atoms with E-state index in [0.29, 0.717) is 10.6 Å². The van der Waals surface area contributed by atoms with Crippen LogP contribution in [0.15, 0.2) is 30.6 Å². The molecule has 4 rings (SSSR count). The van der Waals surface area contributed by atoms with Crippen LogP contribution < -0.4 is 5.32 Å². The van der Waals surface area contributed by atoms with Crippen molar-refractivity contribution in [3.63, 3.8) is 0 Å². The van der Waals surface area contributed by atoms with Gasteiger partial charge in [-0.3, -0.25) is 4.40 Å². The molecule has 0 fully saturated rings. The third-order valence-corrected chi connectivity index (χ3v) is 4.54. The Labute approximate surface area is 138 Å². The number of rotatable bonds is 2. The minimum atomic E-state index is 0.677. The zero-order valence-corrected chi connectivity index (χ0v) is 13.1. The van der Waals surface area contributed by atoms with Crippen molar-refractivity contribution in [2.24, 2.45) is 0 Å². The highest BCUT2D eigenvalue weighted by Crippen LogP contribution is 2.33. The fourth-order valence-electron chi connectivity index (χ4n) is 3.21. The van der Waals surface area contributed by atoms with E-state index in [-0.39, 0.29) is 0 Å². The summed E-state index contributed by atoms with van der Waals surface area (Å²) in [5.74, 6) is 0.718. The topological polar surface area (TPSA) is 66.0 Å². The van der Waals surface area contributed by atoms with Crippen molar-refractivity contribution in [3.8, 4) is 6.07 Å². The van der Waals surface area contributed by atoms with E-state index in [2.05, 4.69) is 21.6 Å². The monoisotopic (exact) mass is 323 g/mol. The van der Waals surface area contributed by atoms with Crippen LogP contribution in [-0.4, -0.2) is 14.6 Å². The molecule has 1 aliphatic rings. The van der Waals surface area contributed by atoms with Gasteiger partial charge in [0.25, 0.3) is 0 Å². The zero-order chi connectivity index (χ0) is 15.8. The van der Waals surface area contributed by atoms with Crippen LogP contribution in [0.2, 0.25) is 5.02 Å². The number of pyridine rings is 1. The van der Waals surface area contributed by atoms with Crippen molar-refractivity contribution in [1.29, 1.82) is 5.26 Å². The summed E-state index contributed by atoms with van der Waals surface area (Å²) in [6.07, 6.45) is 5.75. The Morgan fingerprint density at radius 2 is 1.87 bits per heavy atom. The second kappa shape index (κ2) is 5.56. The first-order chi connectivity index (χ1) is 11.3. The third-order valence-electron chi connectivity index (χ3n) is 4.28. The second-order valence-electron chi connectivity index (χ2n) is 5.66. The number of nitrogens with one attached hydrogen (secondary N) is 1. The highest BCUT2D eigenvalue weighted by molar-refractivity contribution is 6.30. The van der Waals surface area contributed by atoms with Gasteiger partial charge in [0.1, 0.15) is 18.2 Å². The lowest BCUT2D eigenvalue weighted by Gasteiger charge is -2.21. The number of benzene rings is 1. The van der Waals surface area contributed by atoms with E-state index in [4.69, 9.17) is 11.6 Å². The standard InChI is InChI=1S/C17H14ClN5/c18-11-5-7-12(8-6-11)21-16-15(9-19)13-3-1-2-4-14(13)17-22-20-10-23(16)17/h5-8,10,21H,1-4H2. The van der Waals surface area contributed by atoms with Gasteiger partial charge < -0.3 is 5.32 Å². The first kappa shape index (κ1) is 14.0. The Kier molecular flexibility index (Phi) is 3.40. The summed E-state index contributed by atoms with van der Waals surface area (Å²) in [5.41, 5.74) is 4.66. The molecule has 0 bridgehead atoms. The molecular weight excluding hydrogens is 310 g/mol. The normalized spacial score (nSPS) is 13.6. The minimum Gasteiger partial charge on any atom is -0.340 e. The largest absolute Gasteiger partial charge is 0.340 e. The number of nitrogens with zero attached hydrogens (tertiary/aromatic N) is 4. The van der Waals surface area contributed by atoms with Crippen LogP contribution in [0.4, 0.5) is 11.5 Å². The van der Waals surface area contributed by atoms with Crippen LogP contribution in [0.25, 0.3) is 5.65 Å². The summed E-state index contributed by atoms with van der Waals surface area (Å²) in [5, 5.41) is 22.0. The SMILES string of the molecule is N#Cc1c2c(c3nncn3c1Nc1ccc(Cl)cc1)CCCC2. The Morgan fingerprint density at radius 3 is 2.61 bits per heavy atom. The van der Waals surface area contributed by atoms with E-state index >= 15 is 0 Å². The molecule has 0 spiro atoms. The van der Waals surface area contributed by atoms with Gasteiger partial charge in [0, 0.05) is 16.3 Å². The summed E-state index contributed by atoms with van der Waals surface area (Å²) in [7, 11) is 0. The summed E-state index contributed by atoms with van der Waals surface area (Å²) in [6, 6.07) is 9.78. The van der Waals surface area contributed by atoms with E-state index in [1.54, 1.807) is 6.33 Å². The fourth-order valence-corrected chi connectivity index (χ4v) is 3.33. The highest BCUT2D eigenvalue weighted by atomic mass is 35.5. The Balaban J connectivity index is 1.93. The van der Waals surface area contributed by atoms with E-state index < -0.39 is 0 Å². The summed E-state index contributed by atoms with van der Waals surface area (Å²) < 4.78 is 1.87. The van der Waals surface area contributed by atoms with Crippen LogP contribution in [0.1, 0.15) is 29.5 Å². The van der Waals surface area contributed by atoms with Crippen LogP contribution in [-0.2, 0) is 12.8 Å². The molecule has 1 aromatic carbocycles. The first-order valence-electron chi connectivity index (χ1n) is 7.58. The number of anilines is 2. The lowest BCUT2D eigenvalue weighted by atomic mass is 9.89. The van der Waals surface area contributed by atoms with Gasteiger partial charge in [0.15, 0.2) is 5.65 Å². The maximum absolute atomic E-state index is 9.73. The van der Waals surface area contributed by atoms with Crippen molar-refractivity contribution >= 4 is 28.8 Å². The smallest absolute Gasteiger partial charge is 0.165 e. The van der Waals surface area contributed by atoms with Crippen molar-refractivity contribution in [2.45, 2.75) is 25.7 Å². The Bertz CT molecular complexity index is 921. The van der Waals surface area contributed by atoms with E-state index in [1.165, 1.54) is 0 Å². The van der Waals surface area contributed by atoms with E-state index in [1.807, 2.05) is 28.7 Å². The van der Waals surface area contributed by atoms with E-state index in [0.717, 1.165) is 54.0 Å². The fraction of sp³-hybridized carbons (Fsp3) is 0.235. The highest BCUT2D eigenvalue weighted by Gasteiger charge is 2.23. The van der Waals surface area contributed by atoms with Gasteiger partial charge in [-0.1, -0.05) is 11.6 Å². The lowest BCUT2D eigenvalue weighted by molar-refractivity contribution is 0.683. The molecular formula is C17H14ClN5. The first-order valence-corrected chi connectivity index (χ1v) is 7.96. The van der Waals surface area contributed by atoms with Crippen LogP contribution in [0.5, 0.6) is 0 Å². The number of halogens is 1. The molecule has 114 valence electrons. The molecule has 3 aromatic rings. The number of aryl methyl sites for hydroxylation is 1. The molecule has 0 saturated heterocycles. The van der Waals surface area contributed by atoms with Crippen LogP contribution in [0.3, 0.4) is 0 Å². The van der Waals surface area contributed by atoms with E-state index in [9.17, 15) is 5.26 Å². The molecule has 1 aliphatic carbocycles. The molecule has 0 aliphatic heterocycles. The molecule has 23 heavy (non-hydrogen) atoms. The number of hydrogen-bond acceptors (Lipinski definition) is 4. The molecule has 0 unspecified atom stereocenters. The second-order valence-corrected chi connectivity index (χ2v) is 6.09. The van der Waals surface area contributed by atoms with Gasteiger partial charge in [0.05, 0.1) is 5.56 Å². The number of hydrogen-bond donors (Lipinski definition) is 1. The molecule has 1 N–H and O–H groups in total. The summed E-state index contributed by atoms with van der Waals surface area (Å²) in [6.45, 7) is 0. The number of fused-ring (bicyclic) bond motifs is 3. The molecule has 0 atom stereocenters. The van der Waals surface area contributed by atoms with Crippen LogP contribution >= 0.6 is 11.6 Å². The van der Waals surface area contributed by atoms with Crippen LogP contribution in [0, 0.1) is 11.3 Å². The molecule has 0 radical (unpaired) electrons. The molecule has 2 aromatic heterocycles. The van der Waals surface area contributed by atoms with Gasteiger partial charge in [-0.05, 0) is 55.5 Å². The lowest BCUT2D eigenvalue weighted by Crippen LogP contribution is -2.12. The van der Waals surface area contributed by atoms with Crippen molar-refractivity contribution < 1.29 is 0 Å². The molecule has 2 heterocycles. The predicted molar refractivity (Wildman–Crippen MR) is 89.1 cm³/mol. The van der Waals surface area contributed by atoms with Gasteiger partial charge in [-0.25, -0.2) is 0 Å². The average molecular weight is 324 g/mol. The van der Waals surface area contributed by atoms with Crippen molar-refractivity contribution in [1.82, 2.24) is 14.6 Å². The molecule has 5 nitrogen and oxygen atoms in total. The zero-order valence-electron chi connectivity index (χ0n) is 12.4. The molecule has 0 saturated carbocycles. The average Bonchev–Trinajstić information content (AvgIpc) is 3.07. The van der Waals surface area contributed by atoms with Crippen molar-refractivity contribution in [3.05, 3.63) is 52.3 Å². The quantitative estimate of drug-likeness (QED) is 0.777. The summed E-state index contributed by atoms with van der Waals surface area (Å²) in [4.78, 5) is 0. The van der Waals surface area contributed by atoms with Gasteiger partial charge in [-0.2, -0.15) is 5.26 Å². The van der Waals surface area contributed by atoms with Gasteiger partial charge in [0.2, 0.25) is 0 Å². The Hall–Kier alpha value is -2.58. The Morgan fingerprint density at radius 1 is 1.13 bits per heavy atom. The van der Waals surface area contributed by atoms with Crippen molar-refractivity contribution in [2.75, 3.05) is 5.32 Å². The van der Waals surface area contributed by atoms with Gasteiger partial charge >= 0.3 is 0 Å². The summed E-state index contributed by atoms with van der Waals surface area (Å²) >= 11 is 5.94. The maximum Gasteiger partial charge on any atom is 0.165 e.